The lowest BCUT2D eigenvalue weighted by Crippen LogP contribution is -2.57. The lowest BCUT2D eigenvalue weighted by Gasteiger charge is -2.42. The van der Waals surface area contributed by atoms with E-state index in [0.29, 0.717) is 19.0 Å². The third-order valence-corrected chi connectivity index (χ3v) is 2.51. The lowest BCUT2D eigenvalue weighted by molar-refractivity contribution is -0.135. The molecule has 0 aromatic rings. The van der Waals surface area contributed by atoms with Gasteiger partial charge in [-0.15, -0.1) is 0 Å². The average Bonchev–Trinajstić information content (AvgIpc) is 2.23. The summed E-state index contributed by atoms with van der Waals surface area (Å²) in [6.07, 6.45) is 0.803. The molecule has 0 aromatic heterocycles. The second-order valence-electron chi connectivity index (χ2n) is 4.80. The van der Waals surface area contributed by atoms with Gasteiger partial charge in [-0.3, -0.25) is 4.99 Å². The van der Waals surface area contributed by atoms with Crippen LogP contribution in [0, 0.1) is 0 Å². The Bertz CT molecular complexity index is 254. The summed E-state index contributed by atoms with van der Waals surface area (Å²) in [4.78, 5) is 6.27. The smallest absolute Gasteiger partial charge is 0.191 e. The number of nitrogens with zero attached hydrogens (tertiary/aromatic N) is 2. The molecule has 1 unspecified atom stereocenters. The Morgan fingerprint density at radius 3 is 2.88 bits per heavy atom. The zero-order valence-electron chi connectivity index (χ0n) is 10.4. The molecule has 3 N–H and O–H groups in total. The first kappa shape index (κ1) is 13.3. The van der Waals surface area contributed by atoms with E-state index in [1.54, 1.807) is 0 Å². The van der Waals surface area contributed by atoms with E-state index in [4.69, 9.17) is 15.6 Å². The third kappa shape index (κ3) is 3.64. The van der Waals surface area contributed by atoms with Crippen LogP contribution in [0.5, 0.6) is 0 Å². The van der Waals surface area contributed by atoms with Gasteiger partial charge in [-0.1, -0.05) is 6.92 Å². The minimum atomic E-state index is -0.294. The van der Waals surface area contributed by atoms with Gasteiger partial charge in [-0.05, 0) is 20.3 Å². The quantitative estimate of drug-likeness (QED) is 0.535. The largest absolute Gasteiger partial charge is 0.394 e. The number of aliphatic hydroxyl groups is 1. The summed E-state index contributed by atoms with van der Waals surface area (Å²) < 4.78 is 5.71. The number of aliphatic hydroxyl groups excluding tert-OH is 1. The second-order valence-corrected chi connectivity index (χ2v) is 4.80. The van der Waals surface area contributed by atoms with E-state index in [1.807, 2.05) is 18.7 Å². The maximum Gasteiger partial charge on any atom is 0.191 e. The van der Waals surface area contributed by atoms with Crippen molar-refractivity contribution in [3.05, 3.63) is 0 Å². The molecule has 0 aromatic carbocycles. The molecule has 94 valence electrons. The summed E-state index contributed by atoms with van der Waals surface area (Å²) in [7, 11) is 0. The third-order valence-electron chi connectivity index (χ3n) is 2.51. The summed E-state index contributed by atoms with van der Waals surface area (Å²) in [5, 5.41) is 9.17. The highest BCUT2D eigenvalue weighted by Gasteiger charge is 2.33. The topological polar surface area (TPSA) is 71.1 Å². The van der Waals surface area contributed by atoms with Crippen molar-refractivity contribution in [2.45, 2.75) is 38.9 Å². The first-order chi connectivity index (χ1) is 7.48. The highest BCUT2D eigenvalue weighted by atomic mass is 16.5. The minimum Gasteiger partial charge on any atom is -0.394 e. The maximum atomic E-state index is 9.17. The Kier molecular flexibility index (Phi) is 4.56. The van der Waals surface area contributed by atoms with Crippen molar-refractivity contribution in [1.82, 2.24) is 4.90 Å². The van der Waals surface area contributed by atoms with Gasteiger partial charge in [0.25, 0.3) is 0 Å². The van der Waals surface area contributed by atoms with Crippen LogP contribution in [0.25, 0.3) is 0 Å². The molecular weight excluding hydrogens is 206 g/mol. The monoisotopic (exact) mass is 229 g/mol. The van der Waals surface area contributed by atoms with Crippen LogP contribution in [-0.4, -0.2) is 53.9 Å². The zero-order chi connectivity index (χ0) is 12.2. The number of aliphatic imine (C=N–C) groups is 1. The van der Waals surface area contributed by atoms with Gasteiger partial charge < -0.3 is 20.5 Å². The Hall–Kier alpha value is -0.810. The highest BCUT2D eigenvalue weighted by Crippen LogP contribution is 2.20. The molecule has 1 fully saturated rings. The molecular formula is C11H23N3O2. The number of ether oxygens (including phenoxy) is 1. The predicted molar refractivity (Wildman–Crippen MR) is 64.4 cm³/mol. The van der Waals surface area contributed by atoms with Crippen LogP contribution in [0.1, 0.15) is 27.2 Å². The molecule has 5 nitrogen and oxygen atoms in total. The fourth-order valence-corrected chi connectivity index (χ4v) is 1.89. The van der Waals surface area contributed by atoms with E-state index in [0.717, 1.165) is 13.0 Å². The van der Waals surface area contributed by atoms with Crippen LogP contribution in [-0.2, 0) is 4.74 Å². The maximum absolute atomic E-state index is 9.17. The normalized spacial score (nSPS) is 25.9. The van der Waals surface area contributed by atoms with E-state index in [9.17, 15) is 0 Å². The summed E-state index contributed by atoms with van der Waals surface area (Å²) in [6, 6.07) is 0. The van der Waals surface area contributed by atoms with Crippen molar-refractivity contribution in [3.8, 4) is 0 Å². The Labute approximate surface area is 97.3 Å². The molecule has 0 aliphatic carbocycles. The van der Waals surface area contributed by atoms with Crippen molar-refractivity contribution in [1.29, 1.82) is 0 Å². The first-order valence-electron chi connectivity index (χ1n) is 5.82. The van der Waals surface area contributed by atoms with E-state index in [1.165, 1.54) is 0 Å². The fourth-order valence-electron chi connectivity index (χ4n) is 1.89. The lowest BCUT2D eigenvalue weighted by atomic mass is 10.1. The van der Waals surface area contributed by atoms with E-state index in [2.05, 4.69) is 11.9 Å². The highest BCUT2D eigenvalue weighted by molar-refractivity contribution is 5.78. The molecule has 1 saturated heterocycles. The molecule has 1 rings (SSSR count). The summed E-state index contributed by atoms with van der Waals surface area (Å²) in [6.45, 7) is 8.14. The van der Waals surface area contributed by atoms with Crippen molar-refractivity contribution in [2.75, 3.05) is 26.2 Å². The van der Waals surface area contributed by atoms with Crippen LogP contribution < -0.4 is 5.73 Å². The summed E-state index contributed by atoms with van der Waals surface area (Å²) >= 11 is 0. The SMILES string of the molecule is CCCN=C(N)N1CC(CO)OC(C)(C)C1. The minimum absolute atomic E-state index is 0.0149. The molecule has 5 heteroatoms. The van der Waals surface area contributed by atoms with Gasteiger partial charge in [0.15, 0.2) is 5.96 Å². The van der Waals surface area contributed by atoms with E-state index >= 15 is 0 Å². The standard InChI is InChI=1S/C11H23N3O2/c1-4-5-13-10(12)14-6-9(7-15)16-11(2,3)8-14/h9,15H,4-8H2,1-3H3,(H2,12,13). The molecule has 1 atom stereocenters. The Morgan fingerprint density at radius 1 is 1.62 bits per heavy atom. The molecule has 1 aliphatic heterocycles. The van der Waals surface area contributed by atoms with Gasteiger partial charge >= 0.3 is 0 Å². The summed E-state index contributed by atoms with van der Waals surface area (Å²) in [5.41, 5.74) is 5.62. The fraction of sp³-hybridized carbons (Fsp3) is 0.909. The van der Waals surface area contributed by atoms with E-state index < -0.39 is 0 Å². The molecule has 0 spiro atoms. The van der Waals surface area contributed by atoms with Crippen molar-refractivity contribution in [2.24, 2.45) is 10.7 Å². The van der Waals surface area contributed by atoms with Crippen LogP contribution in [0.3, 0.4) is 0 Å². The number of hydrogen-bond acceptors (Lipinski definition) is 3. The average molecular weight is 229 g/mol. The molecule has 1 heterocycles. The molecule has 0 amide bonds. The predicted octanol–water partition coefficient (Wildman–Crippen LogP) is 0.183. The Balaban J connectivity index is 2.65. The molecule has 0 saturated carbocycles. The van der Waals surface area contributed by atoms with Crippen molar-refractivity contribution >= 4 is 5.96 Å². The molecule has 0 bridgehead atoms. The number of rotatable bonds is 3. The molecule has 1 aliphatic rings. The second kappa shape index (κ2) is 5.50. The van der Waals surface area contributed by atoms with Crippen molar-refractivity contribution in [3.63, 3.8) is 0 Å². The number of guanidine groups is 1. The molecule has 0 radical (unpaired) electrons. The number of hydrogen-bond donors (Lipinski definition) is 2. The van der Waals surface area contributed by atoms with Gasteiger partial charge in [-0.25, -0.2) is 0 Å². The summed E-state index contributed by atoms with van der Waals surface area (Å²) in [5.74, 6) is 0.552. The zero-order valence-corrected chi connectivity index (χ0v) is 10.4. The van der Waals surface area contributed by atoms with Crippen LogP contribution in [0.15, 0.2) is 4.99 Å². The van der Waals surface area contributed by atoms with Crippen LogP contribution in [0.4, 0.5) is 0 Å². The van der Waals surface area contributed by atoms with Gasteiger partial charge in [-0.2, -0.15) is 0 Å². The number of morpholine rings is 1. The van der Waals surface area contributed by atoms with Gasteiger partial charge in [0.1, 0.15) is 0 Å². The van der Waals surface area contributed by atoms with Gasteiger partial charge in [0.2, 0.25) is 0 Å². The van der Waals surface area contributed by atoms with Gasteiger partial charge in [0.05, 0.1) is 18.3 Å². The first-order valence-corrected chi connectivity index (χ1v) is 5.82. The van der Waals surface area contributed by atoms with Crippen LogP contribution >= 0.6 is 0 Å². The van der Waals surface area contributed by atoms with Gasteiger partial charge in [0, 0.05) is 19.6 Å². The van der Waals surface area contributed by atoms with Crippen LogP contribution in [0.2, 0.25) is 0 Å². The Morgan fingerprint density at radius 2 is 2.31 bits per heavy atom. The molecule has 16 heavy (non-hydrogen) atoms. The van der Waals surface area contributed by atoms with Crippen molar-refractivity contribution < 1.29 is 9.84 Å². The van der Waals surface area contributed by atoms with E-state index in [-0.39, 0.29) is 18.3 Å². The number of nitrogens with two attached hydrogens (primary N) is 1.